The van der Waals surface area contributed by atoms with Crippen LogP contribution in [0.1, 0.15) is 47.9 Å². The minimum Gasteiger partial charge on any atom is -0.271 e. The Labute approximate surface area is 138 Å². The van der Waals surface area contributed by atoms with Gasteiger partial charge in [0.2, 0.25) is 0 Å². The van der Waals surface area contributed by atoms with Crippen LogP contribution in [-0.2, 0) is 0 Å². The zero-order valence-electron chi connectivity index (χ0n) is 11.7. The number of halogens is 2. The summed E-state index contributed by atoms with van der Waals surface area (Å²) in [5, 5.41) is 0.718. The fraction of sp³-hybridized carbons (Fsp3) is 0.294. The van der Waals surface area contributed by atoms with E-state index in [1.165, 1.54) is 24.8 Å². The molecule has 110 valence electrons. The van der Waals surface area contributed by atoms with E-state index in [0.717, 1.165) is 20.6 Å². The second-order valence-electron chi connectivity index (χ2n) is 5.56. The molecule has 0 saturated heterocycles. The van der Waals surface area contributed by atoms with Crippen LogP contribution in [0.5, 0.6) is 0 Å². The molecule has 2 nitrogen and oxygen atoms in total. The van der Waals surface area contributed by atoms with Crippen molar-refractivity contribution in [1.29, 1.82) is 0 Å². The molecule has 0 radical (unpaired) electrons. The third-order valence-corrected chi connectivity index (χ3v) is 5.09. The van der Waals surface area contributed by atoms with Gasteiger partial charge in [0.1, 0.15) is 0 Å². The number of benzene rings is 2. The van der Waals surface area contributed by atoms with Crippen LogP contribution in [0.25, 0.3) is 0 Å². The molecule has 1 saturated carbocycles. The summed E-state index contributed by atoms with van der Waals surface area (Å²) in [4.78, 5) is 0. The first-order valence-electron chi connectivity index (χ1n) is 7.20. The number of nitrogens with two attached hydrogens (primary N) is 1. The lowest BCUT2D eigenvalue weighted by Gasteiger charge is -2.27. The lowest BCUT2D eigenvalue weighted by atomic mass is 9.79. The Kier molecular flexibility index (Phi) is 4.65. The van der Waals surface area contributed by atoms with Crippen molar-refractivity contribution in [1.82, 2.24) is 5.43 Å². The Bertz CT molecular complexity index is 640. The average molecular weight is 366 g/mol. The molecule has 1 aliphatic carbocycles. The highest BCUT2D eigenvalue weighted by atomic mass is 79.9. The van der Waals surface area contributed by atoms with Crippen LogP contribution in [0.2, 0.25) is 5.02 Å². The van der Waals surface area contributed by atoms with Crippen LogP contribution < -0.4 is 11.3 Å². The number of hydrogen-bond acceptors (Lipinski definition) is 2. The monoisotopic (exact) mass is 364 g/mol. The SMILES string of the molecule is NNC(c1cccc(C2CCC2)c1)c1cc(Br)ccc1Cl. The number of nitrogens with one attached hydrogen (secondary N) is 1. The van der Waals surface area contributed by atoms with Crippen molar-refractivity contribution < 1.29 is 0 Å². The van der Waals surface area contributed by atoms with Crippen molar-refractivity contribution in [2.75, 3.05) is 0 Å². The number of hydrogen-bond donors (Lipinski definition) is 2. The molecule has 3 rings (SSSR count). The average Bonchev–Trinajstić information content (AvgIpc) is 2.42. The Balaban J connectivity index is 1.97. The van der Waals surface area contributed by atoms with Gasteiger partial charge in [-0.15, -0.1) is 0 Å². The third-order valence-electron chi connectivity index (χ3n) is 4.26. The summed E-state index contributed by atoms with van der Waals surface area (Å²) in [6.45, 7) is 0. The first-order chi connectivity index (χ1) is 10.2. The van der Waals surface area contributed by atoms with Crippen LogP contribution in [0.4, 0.5) is 0 Å². The van der Waals surface area contributed by atoms with E-state index in [0.29, 0.717) is 5.92 Å². The molecule has 0 bridgehead atoms. The number of rotatable bonds is 4. The normalized spacial score (nSPS) is 16.5. The molecule has 0 aliphatic heterocycles. The molecule has 0 spiro atoms. The van der Waals surface area contributed by atoms with E-state index in [-0.39, 0.29) is 6.04 Å². The summed E-state index contributed by atoms with van der Waals surface area (Å²) in [5.41, 5.74) is 6.45. The molecule has 0 aromatic heterocycles. The van der Waals surface area contributed by atoms with Gasteiger partial charge in [-0.3, -0.25) is 5.84 Å². The second kappa shape index (κ2) is 6.49. The molecular formula is C17H18BrClN2. The smallest absolute Gasteiger partial charge is 0.0725 e. The van der Waals surface area contributed by atoms with Crippen LogP contribution >= 0.6 is 27.5 Å². The first kappa shape index (κ1) is 15.0. The number of hydrazine groups is 1. The zero-order valence-corrected chi connectivity index (χ0v) is 14.0. The Hall–Kier alpha value is -0.870. The van der Waals surface area contributed by atoms with Crippen molar-refractivity contribution in [2.24, 2.45) is 5.84 Å². The zero-order chi connectivity index (χ0) is 14.8. The first-order valence-corrected chi connectivity index (χ1v) is 8.37. The Morgan fingerprint density at radius 3 is 2.67 bits per heavy atom. The second-order valence-corrected chi connectivity index (χ2v) is 6.89. The van der Waals surface area contributed by atoms with Crippen LogP contribution in [-0.4, -0.2) is 0 Å². The molecular weight excluding hydrogens is 348 g/mol. The quantitative estimate of drug-likeness (QED) is 0.596. The minimum absolute atomic E-state index is 0.102. The molecule has 4 heteroatoms. The summed E-state index contributed by atoms with van der Waals surface area (Å²) in [5.74, 6) is 6.51. The predicted octanol–water partition coefficient (Wildman–Crippen LogP) is 4.92. The van der Waals surface area contributed by atoms with Gasteiger partial charge in [-0.25, -0.2) is 5.43 Å². The lowest BCUT2D eigenvalue weighted by Crippen LogP contribution is -2.29. The van der Waals surface area contributed by atoms with Crippen molar-refractivity contribution in [3.8, 4) is 0 Å². The lowest BCUT2D eigenvalue weighted by molar-refractivity contribution is 0.419. The van der Waals surface area contributed by atoms with Crippen molar-refractivity contribution in [3.05, 3.63) is 68.7 Å². The fourth-order valence-corrected chi connectivity index (χ4v) is 3.44. The Morgan fingerprint density at radius 1 is 1.19 bits per heavy atom. The van der Waals surface area contributed by atoms with E-state index in [1.54, 1.807) is 0 Å². The highest BCUT2D eigenvalue weighted by molar-refractivity contribution is 9.10. The van der Waals surface area contributed by atoms with Gasteiger partial charge >= 0.3 is 0 Å². The van der Waals surface area contributed by atoms with E-state index < -0.39 is 0 Å². The van der Waals surface area contributed by atoms with Gasteiger partial charge in [0, 0.05) is 9.50 Å². The molecule has 1 aliphatic rings. The summed E-state index contributed by atoms with van der Waals surface area (Å²) in [7, 11) is 0. The van der Waals surface area contributed by atoms with Gasteiger partial charge < -0.3 is 0 Å². The van der Waals surface area contributed by atoms with E-state index >= 15 is 0 Å². The van der Waals surface area contributed by atoms with E-state index in [9.17, 15) is 0 Å². The van der Waals surface area contributed by atoms with Gasteiger partial charge in [0.05, 0.1) is 6.04 Å². The van der Waals surface area contributed by atoms with Gasteiger partial charge in [-0.2, -0.15) is 0 Å². The maximum atomic E-state index is 6.34. The summed E-state index contributed by atoms with van der Waals surface area (Å²) in [6.07, 6.45) is 3.93. The maximum Gasteiger partial charge on any atom is 0.0725 e. The minimum atomic E-state index is -0.102. The molecule has 2 aromatic carbocycles. The largest absolute Gasteiger partial charge is 0.271 e. The van der Waals surface area contributed by atoms with Crippen LogP contribution in [0, 0.1) is 0 Å². The predicted molar refractivity (Wildman–Crippen MR) is 91.4 cm³/mol. The van der Waals surface area contributed by atoms with E-state index in [1.807, 2.05) is 18.2 Å². The van der Waals surface area contributed by atoms with Gasteiger partial charge in [-0.1, -0.05) is 58.2 Å². The molecule has 1 atom stereocenters. The molecule has 0 amide bonds. The van der Waals surface area contributed by atoms with E-state index in [2.05, 4.69) is 45.6 Å². The van der Waals surface area contributed by atoms with Crippen LogP contribution in [0.15, 0.2) is 46.9 Å². The van der Waals surface area contributed by atoms with Gasteiger partial charge in [0.15, 0.2) is 0 Å². The maximum absolute atomic E-state index is 6.34. The molecule has 0 heterocycles. The summed E-state index contributed by atoms with van der Waals surface area (Å²) < 4.78 is 0.997. The summed E-state index contributed by atoms with van der Waals surface area (Å²) >= 11 is 9.84. The van der Waals surface area contributed by atoms with E-state index in [4.69, 9.17) is 17.4 Å². The molecule has 2 aromatic rings. The Morgan fingerprint density at radius 2 is 2.00 bits per heavy atom. The van der Waals surface area contributed by atoms with Crippen molar-refractivity contribution in [3.63, 3.8) is 0 Å². The molecule has 1 fully saturated rings. The topological polar surface area (TPSA) is 38.0 Å². The molecule has 1 unspecified atom stereocenters. The van der Waals surface area contributed by atoms with Crippen LogP contribution in [0.3, 0.4) is 0 Å². The highest BCUT2D eigenvalue weighted by Crippen LogP contribution is 2.38. The standard InChI is InChI=1S/C17H18BrClN2/c18-14-7-8-16(19)15(10-14)17(21-20)13-6-2-5-12(9-13)11-3-1-4-11/h2,5-11,17,21H,1,3-4,20H2. The molecule has 3 N–H and O–H groups in total. The fourth-order valence-electron chi connectivity index (χ4n) is 2.84. The van der Waals surface area contributed by atoms with Gasteiger partial charge in [0.25, 0.3) is 0 Å². The van der Waals surface area contributed by atoms with Crippen molar-refractivity contribution in [2.45, 2.75) is 31.2 Å². The highest BCUT2D eigenvalue weighted by Gasteiger charge is 2.22. The molecule has 21 heavy (non-hydrogen) atoms. The van der Waals surface area contributed by atoms with Gasteiger partial charge in [-0.05, 0) is 53.6 Å². The van der Waals surface area contributed by atoms with Crippen molar-refractivity contribution >= 4 is 27.5 Å². The third kappa shape index (κ3) is 3.16. The summed E-state index contributed by atoms with van der Waals surface area (Å²) in [6, 6.07) is 14.4.